The molecule has 1 saturated carbocycles. The lowest BCUT2D eigenvalue weighted by molar-refractivity contribution is 0.352. The average molecular weight is 254 g/mol. The summed E-state index contributed by atoms with van der Waals surface area (Å²) >= 11 is 6.02. The van der Waals surface area contributed by atoms with Crippen molar-refractivity contribution in [3.63, 3.8) is 0 Å². The van der Waals surface area contributed by atoms with Crippen LogP contribution in [0, 0.1) is 19.8 Å². The van der Waals surface area contributed by atoms with Crippen LogP contribution in [0.2, 0.25) is 0 Å². The number of alkyl halides is 1. The Morgan fingerprint density at radius 2 is 2.06 bits per heavy atom. The minimum atomic E-state index is 0.456. The summed E-state index contributed by atoms with van der Waals surface area (Å²) in [5, 5.41) is 3.49. The molecule has 4 heteroatoms. The predicted octanol–water partition coefficient (Wildman–Crippen LogP) is 3.30. The first kappa shape index (κ1) is 12.6. The smallest absolute Gasteiger partial charge is 0.145 e. The highest BCUT2D eigenvalue weighted by Crippen LogP contribution is 2.27. The molecule has 0 aliphatic heterocycles. The SMILES string of the molecule is Cc1ncc(NC2CCCCC2CCl)nc1C. The maximum Gasteiger partial charge on any atom is 0.145 e. The molecule has 1 fully saturated rings. The molecule has 1 aromatic rings. The van der Waals surface area contributed by atoms with Crippen molar-refractivity contribution >= 4 is 17.4 Å². The van der Waals surface area contributed by atoms with Gasteiger partial charge < -0.3 is 5.32 Å². The molecule has 1 aliphatic rings. The van der Waals surface area contributed by atoms with Crippen molar-refractivity contribution in [3.8, 4) is 0 Å². The van der Waals surface area contributed by atoms with Crippen LogP contribution < -0.4 is 5.32 Å². The molecule has 1 N–H and O–H groups in total. The van der Waals surface area contributed by atoms with Crippen molar-refractivity contribution in [1.29, 1.82) is 0 Å². The van der Waals surface area contributed by atoms with Crippen LogP contribution in [0.3, 0.4) is 0 Å². The summed E-state index contributed by atoms with van der Waals surface area (Å²) < 4.78 is 0. The fourth-order valence-electron chi connectivity index (χ4n) is 2.38. The molecule has 17 heavy (non-hydrogen) atoms. The van der Waals surface area contributed by atoms with Gasteiger partial charge in [-0.2, -0.15) is 0 Å². The molecule has 1 heterocycles. The molecule has 2 atom stereocenters. The molecule has 0 bridgehead atoms. The van der Waals surface area contributed by atoms with Gasteiger partial charge in [0.1, 0.15) is 5.82 Å². The number of anilines is 1. The minimum Gasteiger partial charge on any atom is -0.366 e. The second kappa shape index (κ2) is 5.67. The first-order chi connectivity index (χ1) is 8.20. The number of halogens is 1. The molecule has 2 rings (SSSR count). The number of nitrogens with zero attached hydrogens (tertiary/aromatic N) is 2. The topological polar surface area (TPSA) is 37.8 Å². The van der Waals surface area contributed by atoms with E-state index in [1.54, 1.807) is 0 Å². The van der Waals surface area contributed by atoms with Gasteiger partial charge in [0.15, 0.2) is 0 Å². The molecule has 0 saturated heterocycles. The van der Waals surface area contributed by atoms with Gasteiger partial charge in [0.25, 0.3) is 0 Å². The van der Waals surface area contributed by atoms with E-state index in [1.807, 2.05) is 20.0 Å². The fraction of sp³-hybridized carbons (Fsp3) is 0.692. The third-order valence-electron chi connectivity index (χ3n) is 3.63. The van der Waals surface area contributed by atoms with E-state index in [0.29, 0.717) is 12.0 Å². The third-order valence-corrected chi connectivity index (χ3v) is 4.03. The van der Waals surface area contributed by atoms with Gasteiger partial charge >= 0.3 is 0 Å². The normalized spacial score (nSPS) is 24.6. The second-order valence-electron chi connectivity index (χ2n) is 4.88. The molecular formula is C13H20ClN3. The summed E-state index contributed by atoms with van der Waals surface area (Å²) in [5.41, 5.74) is 1.99. The highest BCUT2D eigenvalue weighted by Gasteiger charge is 2.24. The number of hydrogen-bond acceptors (Lipinski definition) is 3. The molecule has 94 valence electrons. The van der Waals surface area contributed by atoms with Gasteiger partial charge in [-0.1, -0.05) is 12.8 Å². The van der Waals surface area contributed by atoms with E-state index in [1.165, 1.54) is 25.7 Å². The summed E-state index contributed by atoms with van der Waals surface area (Å²) in [6.07, 6.45) is 6.81. The first-order valence-corrected chi connectivity index (χ1v) is 6.87. The van der Waals surface area contributed by atoms with E-state index < -0.39 is 0 Å². The van der Waals surface area contributed by atoms with Crippen LogP contribution in [0.1, 0.15) is 37.1 Å². The van der Waals surface area contributed by atoms with Gasteiger partial charge in [0.05, 0.1) is 17.6 Å². The van der Waals surface area contributed by atoms with Gasteiger partial charge in [0, 0.05) is 11.9 Å². The molecule has 0 radical (unpaired) electrons. The Morgan fingerprint density at radius 3 is 2.76 bits per heavy atom. The molecular weight excluding hydrogens is 234 g/mol. The molecule has 1 aliphatic carbocycles. The predicted molar refractivity (Wildman–Crippen MR) is 71.6 cm³/mol. The van der Waals surface area contributed by atoms with Crippen molar-refractivity contribution in [2.24, 2.45) is 5.92 Å². The van der Waals surface area contributed by atoms with Crippen LogP contribution in [0.5, 0.6) is 0 Å². The Balaban J connectivity index is 2.05. The first-order valence-electron chi connectivity index (χ1n) is 6.33. The Bertz CT molecular complexity index is 381. The Labute approximate surface area is 108 Å². The summed E-state index contributed by atoms with van der Waals surface area (Å²) in [6.45, 7) is 3.97. The zero-order valence-electron chi connectivity index (χ0n) is 10.5. The van der Waals surface area contributed by atoms with Gasteiger partial charge in [-0.05, 0) is 32.6 Å². The van der Waals surface area contributed by atoms with Crippen LogP contribution in [-0.2, 0) is 0 Å². The molecule has 2 unspecified atom stereocenters. The van der Waals surface area contributed by atoms with E-state index >= 15 is 0 Å². The van der Waals surface area contributed by atoms with Crippen molar-refractivity contribution in [3.05, 3.63) is 17.6 Å². The van der Waals surface area contributed by atoms with Gasteiger partial charge in [-0.3, -0.25) is 4.98 Å². The average Bonchev–Trinajstić information content (AvgIpc) is 2.34. The van der Waals surface area contributed by atoms with Gasteiger partial charge in [-0.25, -0.2) is 4.98 Å². The van der Waals surface area contributed by atoms with E-state index in [2.05, 4.69) is 15.3 Å². The molecule has 0 amide bonds. The van der Waals surface area contributed by atoms with Gasteiger partial charge in [-0.15, -0.1) is 11.6 Å². The van der Waals surface area contributed by atoms with Crippen LogP contribution in [0.15, 0.2) is 6.20 Å². The lowest BCUT2D eigenvalue weighted by atomic mass is 9.86. The molecule has 3 nitrogen and oxygen atoms in total. The van der Waals surface area contributed by atoms with E-state index in [9.17, 15) is 0 Å². The number of rotatable bonds is 3. The number of hydrogen-bond donors (Lipinski definition) is 1. The van der Waals surface area contributed by atoms with Crippen LogP contribution in [-0.4, -0.2) is 21.9 Å². The fourth-order valence-corrected chi connectivity index (χ4v) is 2.75. The zero-order valence-corrected chi connectivity index (χ0v) is 11.3. The highest BCUT2D eigenvalue weighted by molar-refractivity contribution is 6.18. The molecule has 1 aromatic heterocycles. The zero-order chi connectivity index (χ0) is 12.3. The Morgan fingerprint density at radius 1 is 1.29 bits per heavy atom. The van der Waals surface area contributed by atoms with Crippen molar-refractivity contribution in [1.82, 2.24) is 9.97 Å². The molecule has 0 spiro atoms. The van der Waals surface area contributed by atoms with Crippen LogP contribution in [0.4, 0.5) is 5.82 Å². The lowest BCUT2D eigenvalue weighted by Gasteiger charge is -2.31. The third kappa shape index (κ3) is 3.09. The Kier molecular flexibility index (Phi) is 4.21. The van der Waals surface area contributed by atoms with Gasteiger partial charge in [0.2, 0.25) is 0 Å². The highest BCUT2D eigenvalue weighted by atomic mass is 35.5. The standard InChI is InChI=1S/C13H20ClN3/c1-9-10(2)16-13(8-15-9)17-12-6-4-3-5-11(12)7-14/h8,11-12H,3-7H2,1-2H3,(H,16,17). The van der Waals surface area contributed by atoms with Crippen LogP contribution in [0.25, 0.3) is 0 Å². The van der Waals surface area contributed by atoms with Crippen LogP contribution >= 0.6 is 11.6 Å². The maximum absolute atomic E-state index is 6.02. The van der Waals surface area contributed by atoms with E-state index in [-0.39, 0.29) is 0 Å². The quantitative estimate of drug-likeness (QED) is 0.840. The minimum absolute atomic E-state index is 0.456. The maximum atomic E-state index is 6.02. The molecule has 0 aromatic carbocycles. The van der Waals surface area contributed by atoms with Crippen molar-refractivity contribution in [2.45, 2.75) is 45.6 Å². The second-order valence-corrected chi connectivity index (χ2v) is 5.18. The summed E-state index contributed by atoms with van der Waals surface area (Å²) in [7, 11) is 0. The summed E-state index contributed by atoms with van der Waals surface area (Å²) in [6, 6.07) is 0.456. The lowest BCUT2D eigenvalue weighted by Crippen LogP contribution is -2.33. The number of nitrogens with one attached hydrogen (secondary N) is 1. The summed E-state index contributed by atoms with van der Waals surface area (Å²) in [5.74, 6) is 2.18. The summed E-state index contributed by atoms with van der Waals surface area (Å²) in [4.78, 5) is 8.86. The number of aryl methyl sites for hydroxylation is 2. The largest absolute Gasteiger partial charge is 0.366 e. The van der Waals surface area contributed by atoms with Crippen molar-refractivity contribution < 1.29 is 0 Å². The number of aromatic nitrogens is 2. The van der Waals surface area contributed by atoms with E-state index in [0.717, 1.165) is 23.1 Å². The van der Waals surface area contributed by atoms with E-state index in [4.69, 9.17) is 11.6 Å². The monoisotopic (exact) mass is 253 g/mol. The van der Waals surface area contributed by atoms with Crippen molar-refractivity contribution in [2.75, 3.05) is 11.2 Å². The Hall–Kier alpha value is -0.830.